The average molecular weight is 276 g/mol. The third-order valence-corrected chi connectivity index (χ3v) is 3.56. The van der Waals surface area contributed by atoms with Gasteiger partial charge in [0.15, 0.2) is 16.4 Å². The van der Waals surface area contributed by atoms with Crippen molar-refractivity contribution in [3.63, 3.8) is 0 Å². The van der Waals surface area contributed by atoms with Crippen molar-refractivity contribution in [1.82, 2.24) is 14.5 Å². The van der Waals surface area contributed by atoms with Crippen molar-refractivity contribution in [1.29, 1.82) is 0 Å². The molecule has 19 heavy (non-hydrogen) atoms. The second-order valence-electron chi connectivity index (χ2n) is 3.94. The first-order valence-electron chi connectivity index (χ1n) is 5.91. The number of thiazole rings is 1. The fourth-order valence-corrected chi connectivity index (χ4v) is 2.68. The van der Waals surface area contributed by atoms with Gasteiger partial charge in [0, 0.05) is 23.8 Å². The molecule has 3 aromatic rings. The van der Waals surface area contributed by atoms with E-state index in [4.69, 9.17) is 4.42 Å². The molecule has 0 saturated carbocycles. The Kier molecular flexibility index (Phi) is 3.04. The molecular weight excluding hydrogens is 264 g/mol. The molecule has 1 N–H and O–H groups in total. The summed E-state index contributed by atoms with van der Waals surface area (Å²) in [7, 11) is 0. The second kappa shape index (κ2) is 4.85. The largest absolute Gasteiger partial charge is 0.421 e. The molecule has 0 aliphatic heterocycles. The summed E-state index contributed by atoms with van der Waals surface area (Å²) in [5, 5.41) is 3.99. The number of oxazole rings is 1. The first-order chi connectivity index (χ1) is 9.28. The maximum atomic E-state index is 11.8. The Balaban J connectivity index is 1.96. The number of nitrogens with one attached hydrogen (secondary N) is 1. The van der Waals surface area contributed by atoms with Gasteiger partial charge in [0.1, 0.15) is 0 Å². The van der Waals surface area contributed by atoms with E-state index in [0.717, 1.165) is 16.6 Å². The maximum absolute atomic E-state index is 11.8. The molecule has 0 radical (unpaired) electrons. The summed E-state index contributed by atoms with van der Waals surface area (Å²) in [6.45, 7) is 3.26. The fraction of sp³-hybridized carbons (Fsp3) is 0.250. The molecule has 0 amide bonds. The molecular formula is C12H12N4O2S. The molecule has 6 nitrogen and oxygen atoms in total. The number of anilines is 1. The molecule has 0 atom stereocenters. The second-order valence-corrected chi connectivity index (χ2v) is 5.06. The highest BCUT2D eigenvalue weighted by Gasteiger charge is 2.11. The van der Waals surface area contributed by atoms with Crippen LogP contribution in [0.15, 0.2) is 33.7 Å². The zero-order valence-electron chi connectivity index (χ0n) is 10.3. The summed E-state index contributed by atoms with van der Waals surface area (Å²) in [5.41, 5.74) is 1.06. The molecule has 0 fully saturated rings. The minimum atomic E-state index is -0.396. The van der Waals surface area contributed by atoms with E-state index in [1.807, 2.05) is 6.92 Å². The van der Waals surface area contributed by atoms with Gasteiger partial charge in [-0.15, -0.1) is 11.3 Å². The van der Waals surface area contributed by atoms with Gasteiger partial charge in [0.25, 0.3) is 0 Å². The number of hydrogen-bond acceptors (Lipinski definition) is 6. The zero-order chi connectivity index (χ0) is 13.2. The van der Waals surface area contributed by atoms with Crippen molar-refractivity contribution in [2.45, 2.75) is 13.5 Å². The van der Waals surface area contributed by atoms with Crippen LogP contribution in [0.2, 0.25) is 0 Å². The summed E-state index contributed by atoms with van der Waals surface area (Å²) in [4.78, 5) is 21.2. The predicted octanol–water partition coefficient (Wildman–Crippen LogP) is 1.93. The van der Waals surface area contributed by atoms with Gasteiger partial charge in [0.2, 0.25) is 0 Å². The number of pyridine rings is 1. The molecule has 7 heteroatoms. The van der Waals surface area contributed by atoms with E-state index < -0.39 is 5.76 Å². The van der Waals surface area contributed by atoms with Gasteiger partial charge in [-0.2, -0.15) is 0 Å². The summed E-state index contributed by atoms with van der Waals surface area (Å²) < 4.78 is 6.65. The molecule has 3 aromatic heterocycles. The first-order valence-corrected chi connectivity index (χ1v) is 6.72. The Labute approximate surface area is 112 Å². The van der Waals surface area contributed by atoms with Crippen LogP contribution in [0.4, 0.5) is 5.13 Å². The average Bonchev–Trinajstić information content (AvgIpc) is 2.96. The number of nitrogens with zero attached hydrogens (tertiary/aromatic N) is 3. The maximum Gasteiger partial charge on any atom is 0.421 e. The Hall–Kier alpha value is -2.15. The third kappa shape index (κ3) is 2.24. The van der Waals surface area contributed by atoms with E-state index in [1.54, 1.807) is 24.5 Å². The number of fused-ring (bicyclic) bond motifs is 1. The van der Waals surface area contributed by atoms with Crippen molar-refractivity contribution in [2.75, 3.05) is 11.9 Å². The lowest BCUT2D eigenvalue weighted by Crippen LogP contribution is -2.14. The Morgan fingerprint density at radius 2 is 2.37 bits per heavy atom. The quantitative estimate of drug-likeness (QED) is 0.788. The number of aromatic nitrogens is 3. The van der Waals surface area contributed by atoms with Crippen molar-refractivity contribution < 1.29 is 4.42 Å². The van der Waals surface area contributed by atoms with Crippen LogP contribution < -0.4 is 11.1 Å². The van der Waals surface area contributed by atoms with E-state index in [0.29, 0.717) is 17.8 Å². The van der Waals surface area contributed by atoms with Crippen molar-refractivity contribution in [3.05, 3.63) is 40.0 Å². The van der Waals surface area contributed by atoms with Gasteiger partial charge < -0.3 is 9.73 Å². The van der Waals surface area contributed by atoms with Crippen LogP contribution in [0.25, 0.3) is 11.2 Å². The van der Waals surface area contributed by atoms with Gasteiger partial charge in [-0.25, -0.2) is 14.8 Å². The van der Waals surface area contributed by atoms with Crippen LogP contribution in [-0.4, -0.2) is 21.1 Å². The molecule has 0 saturated heterocycles. The predicted molar refractivity (Wildman–Crippen MR) is 73.6 cm³/mol. The minimum absolute atomic E-state index is 0.396. The van der Waals surface area contributed by atoms with E-state index in [2.05, 4.69) is 15.3 Å². The van der Waals surface area contributed by atoms with Gasteiger partial charge in [0.05, 0.1) is 6.54 Å². The Morgan fingerprint density at radius 1 is 1.47 bits per heavy atom. The molecule has 0 aliphatic rings. The lowest BCUT2D eigenvalue weighted by molar-refractivity contribution is 0.518. The summed E-state index contributed by atoms with van der Waals surface area (Å²) in [6.07, 6.45) is 3.40. The Morgan fingerprint density at radius 3 is 3.21 bits per heavy atom. The first kappa shape index (κ1) is 11.9. The number of rotatable bonds is 4. The normalized spacial score (nSPS) is 11.0. The smallest absolute Gasteiger partial charge is 0.406 e. The summed E-state index contributed by atoms with van der Waals surface area (Å²) in [5.74, 6) is -0.396. The summed E-state index contributed by atoms with van der Waals surface area (Å²) in [6, 6.07) is 3.47. The van der Waals surface area contributed by atoms with Gasteiger partial charge in [-0.1, -0.05) is 0 Å². The molecule has 0 aromatic carbocycles. The van der Waals surface area contributed by atoms with Crippen LogP contribution in [0.1, 0.15) is 11.8 Å². The van der Waals surface area contributed by atoms with E-state index >= 15 is 0 Å². The van der Waals surface area contributed by atoms with Crippen molar-refractivity contribution >= 4 is 27.7 Å². The molecule has 0 aliphatic carbocycles. The van der Waals surface area contributed by atoms with Crippen LogP contribution >= 0.6 is 11.3 Å². The highest BCUT2D eigenvalue weighted by atomic mass is 32.1. The van der Waals surface area contributed by atoms with E-state index in [9.17, 15) is 4.79 Å². The van der Waals surface area contributed by atoms with Gasteiger partial charge >= 0.3 is 5.76 Å². The van der Waals surface area contributed by atoms with Crippen LogP contribution in [0.5, 0.6) is 0 Å². The zero-order valence-corrected chi connectivity index (χ0v) is 11.1. The molecule has 0 unspecified atom stereocenters. The molecule has 0 bridgehead atoms. The topological polar surface area (TPSA) is 73.0 Å². The highest BCUT2D eigenvalue weighted by molar-refractivity contribution is 7.15. The van der Waals surface area contributed by atoms with Crippen molar-refractivity contribution in [3.8, 4) is 0 Å². The van der Waals surface area contributed by atoms with E-state index in [-0.39, 0.29) is 0 Å². The third-order valence-electron chi connectivity index (χ3n) is 2.62. The monoisotopic (exact) mass is 276 g/mol. The lowest BCUT2D eigenvalue weighted by Gasteiger charge is -1.97. The van der Waals surface area contributed by atoms with Gasteiger partial charge in [-0.05, 0) is 19.1 Å². The molecule has 0 spiro atoms. The van der Waals surface area contributed by atoms with Gasteiger partial charge in [-0.3, -0.25) is 4.57 Å². The summed E-state index contributed by atoms with van der Waals surface area (Å²) >= 11 is 1.52. The Bertz CT molecular complexity index is 758. The standard InChI is InChI=1S/C12H12N4O2S/c1-2-13-11-15-6-8(19-11)7-16-10-9(18-12(16)17)4-3-5-14-10/h3-6H,2,7H2,1H3,(H,13,15). The van der Waals surface area contributed by atoms with Crippen molar-refractivity contribution in [2.24, 2.45) is 0 Å². The number of hydrogen-bond donors (Lipinski definition) is 1. The van der Waals surface area contributed by atoms with Crippen LogP contribution in [0, 0.1) is 0 Å². The minimum Gasteiger partial charge on any atom is -0.406 e. The van der Waals surface area contributed by atoms with Crippen LogP contribution in [0.3, 0.4) is 0 Å². The highest BCUT2D eigenvalue weighted by Crippen LogP contribution is 2.19. The van der Waals surface area contributed by atoms with E-state index in [1.165, 1.54) is 15.9 Å². The lowest BCUT2D eigenvalue weighted by atomic mass is 10.4. The van der Waals surface area contributed by atoms with Crippen LogP contribution in [-0.2, 0) is 6.54 Å². The fourth-order valence-electron chi connectivity index (χ4n) is 1.81. The molecule has 3 rings (SSSR count). The molecule has 3 heterocycles. The SMILES string of the molecule is CCNc1ncc(Cn2c(=O)oc3cccnc32)s1. The molecule has 98 valence electrons.